The molecule has 0 heterocycles. The maximum atomic E-state index is 12.2. The molecule has 2 aromatic rings. The van der Waals surface area contributed by atoms with Gasteiger partial charge in [0.05, 0.1) is 11.4 Å². The molecular weight excluding hydrogens is 366 g/mol. The van der Waals surface area contributed by atoms with Crippen LogP contribution in [0.2, 0.25) is 5.02 Å². The topological polar surface area (TPSA) is 104 Å². The van der Waals surface area contributed by atoms with Gasteiger partial charge in [-0.1, -0.05) is 17.7 Å². The minimum atomic E-state index is -3.85. The Morgan fingerprint density at radius 1 is 1.00 bits per heavy atom. The van der Waals surface area contributed by atoms with Crippen LogP contribution in [0.25, 0.3) is 0 Å². The van der Waals surface area contributed by atoms with Crippen molar-refractivity contribution in [2.75, 3.05) is 17.2 Å². The maximum absolute atomic E-state index is 12.2. The lowest BCUT2D eigenvalue weighted by atomic mass is 10.3. The molecule has 25 heavy (non-hydrogen) atoms. The van der Waals surface area contributed by atoms with Crippen molar-refractivity contribution in [3.63, 3.8) is 0 Å². The Balaban J connectivity index is 1.96. The van der Waals surface area contributed by atoms with Crippen molar-refractivity contribution in [2.45, 2.75) is 11.8 Å². The van der Waals surface area contributed by atoms with Gasteiger partial charge in [-0.2, -0.15) is 0 Å². The smallest absolute Gasteiger partial charge is 0.241 e. The SMILES string of the molecule is CC(=O)Nc1ccc(S(=O)(=O)NCC(=O)Nc2cccc(Cl)c2)cc1. The van der Waals surface area contributed by atoms with Crippen molar-refractivity contribution in [3.8, 4) is 0 Å². The van der Waals surface area contributed by atoms with Crippen molar-refractivity contribution in [1.82, 2.24) is 4.72 Å². The van der Waals surface area contributed by atoms with Crippen LogP contribution < -0.4 is 15.4 Å². The highest BCUT2D eigenvalue weighted by Gasteiger charge is 2.15. The standard InChI is InChI=1S/C16H16ClN3O4S/c1-11(21)19-13-5-7-15(8-6-13)25(23,24)18-10-16(22)20-14-4-2-3-12(17)9-14/h2-9,18H,10H2,1H3,(H,19,21)(H,20,22). The second-order valence-electron chi connectivity index (χ2n) is 5.09. The number of halogens is 1. The van der Waals surface area contributed by atoms with E-state index in [1.54, 1.807) is 24.3 Å². The number of carbonyl (C=O) groups is 2. The number of benzene rings is 2. The van der Waals surface area contributed by atoms with Crippen LogP contribution >= 0.6 is 11.6 Å². The molecule has 0 aliphatic carbocycles. The second kappa shape index (κ2) is 8.11. The van der Waals surface area contributed by atoms with E-state index in [9.17, 15) is 18.0 Å². The molecular formula is C16H16ClN3O4S. The lowest BCUT2D eigenvalue weighted by molar-refractivity contribution is -0.115. The Kier molecular flexibility index (Phi) is 6.13. The molecule has 0 fully saturated rings. The number of hydrogen-bond donors (Lipinski definition) is 3. The summed E-state index contributed by atoms with van der Waals surface area (Å²) in [5.74, 6) is -0.785. The highest BCUT2D eigenvalue weighted by Crippen LogP contribution is 2.15. The zero-order chi connectivity index (χ0) is 18.4. The average Bonchev–Trinajstić information content (AvgIpc) is 2.53. The van der Waals surface area contributed by atoms with Gasteiger partial charge < -0.3 is 10.6 Å². The van der Waals surface area contributed by atoms with E-state index in [4.69, 9.17) is 11.6 Å². The molecule has 2 rings (SSSR count). The molecule has 0 aromatic heterocycles. The van der Waals surface area contributed by atoms with Crippen LogP contribution in [-0.2, 0) is 19.6 Å². The van der Waals surface area contributed by atoms with Gasteiger partial charge in [0.2, 0.25) is 21.8 Å². The first kappa shape index (κ1) is 18.9. The fraction of sp³-hybridized carbons (Fsp3) is 0.125. The summed E-state index contributed by atoms with van der Waals surface area (Å²) < 4.78 is 26.6. The van der Waals surface area contributed by atoms with Gasteiger partial charge in [0, 0.05) is 23.3 Å². The van der Waals surface area contributed by atoms with Crippen LogP contribution in [0.3, 0.4) is 0 Å². The number of carbonyl (C=O) groups excluding carboxylic acids is 2. The van der Waals surface area contributed by atoms with E-state index < -0.39 is 22.5 Å². The molecule has 0 bridgehead atoms. The first-order valence-corrected chi connectivity index (χ1v) is 9.05. The largest absolute Gasteiger partial charge is 0.326 e. The third-order valence-corrected chi connectivity index (χ3v) is 4.67. The van der Waals surface area contributed by atoms with E-state index in [1.165, 1.54) is 31.2 Å². The highest BCUT2D eigenvalue weighted by molar-refractivity contribution is 7.89. The summed E-state index contributed by atoms with van der Waals surface area (Å²) >= 11 is 5.81. The molecule has 0 spiro atoms. The lowest BCUT2D eigenvalue weighted by Gasteiger charge is -2.09. The predicted molar refractivity (Wildman–Crippen MR) is 96.0 cm³/mol. The van der Waals surface area contributed by atoms with Gasteiger partial charge >= 0.3 is 0 Å². The average molecular weight is 382 g/mol. The van der Waals surface area contributed by atoms with Crippen molar-refractivity contribution in [1.29, 1.82) is 0 Å². The third-order valence-electron chi connectivity index (χ3n) is 3.02. The first-order chi connectivity index (χ1) is 11.8. The summed E-state index contributed by atoms with van der Waals surface area (Å²) in [6.45, 7) is 0.924. The molecule has 2 aromatic carbocycles. The summed E-state index contributed by atoms with van der Waals surface area (Å²) in [5.41, 5.74) is 0.946. The molecule has 0 aliphatic heterocycles. The van der Waals surface area contributed by atoms with Crippen LogP contribution in [0.4, 0.5) is 11.4 Å². The maximum Gasteiger partial charge on any atom is 0.241 e. The van der Waals surface area contributed by atoms with Crippen LogP contribution in [0.15, 0.2) is 53.4 Å². The van der Waals surface area contributed by atoms with Gasteiger partial charge in [0.15, 0.2) is 0 Å². The summed E-state index contributed by atoms with van der Waals surface area (Å²) in [7, 11) is -3.85. The minimum Gasteiger partial charge on any atom is -0.326 e. The molecule has 3 N–H and O–H groups in total. The Labute approximate surface area is 150 Å². The lowest BCUT2D eigenvalue weighted by Crippen LogP contribution is -2.32. The van der Waals surface area contributed by atoms with E-state index in [0.717, 1.165) is 0 Å². The Hall–Kier alpha value is -2.42. The second-order valence-corrected chi connectivity index (χ2v) is 7.29. The Morgan fingerprint density at radius 3 is 2.28 bits per heavy atom. The number of sulfonamides is 1. The summed E-state index contributed by atoms with van der Waals surface area (Å²) in [4.78, 5) is 22.8. The van der Waals surface area contributed by atoms with Gasteiger partial charge in [0.25, 0.3) is 0 Å². The number of anilines is 2. The Morgan fingerprint density at radius 2 is 1.68 bits per heavy atom. The number of nitrogens with one attached hydrogen (secondary N) is 3. The molecule has 132 valence electrons. The van der Waals surface area contributed by atoms with Gasteiger partial charge in [-0.3, -0.25) is 9.59 Å². The van der Waals surface area contributed by atoms with E-state index in [1.807, 2.05) is 0 Å². The van der Waals surface area contributed by atoms with Crippen molar-refractivity contribution < 1.29 is 18.0 Å². The van der Waals surface area contributed by atoms with Crippen molar-refractivity contribution in [3.05, 3.63) is 53.6 Å². The minimum absolute atomic E-state index is 0.0165. The zero-order valence-electron chi connectivity index (χ0n) is 13.2. The van der Waals surface area contributed by atoms with E-state index >= 15 is 0 Å². The Bertz CT molecular complexity index is 883. The number of amides is 2. The summed E-state index contributed by atoms with van der Waals surface area (Å²) in [6, 6.07) is 12.1. The van der Waals surface area contributed by atoms with Gasteiger partial charge in [0.1, 0.15) is 0 Å². The van der Waals surface area contributed by atoms with Crippen molar-refractivity contribution >= 4 is 44.8 Å². The molecule has 0 unspecified atom stereocenters. The monoisotopic (exact) mass is 381 g/mol. The third kappa shape index (κ3) is 5.86. The molecule has 7 nitrogen and oxygen atoms in total. The van der Waals surface area contributed by atoms with Crippen LogP contribution in [0.1, 0.15) is 6.92 Å². The highest BCUT2D eigenvalue weighted by atomic mass is 35.5. The molecule has 0 saturated carbocycles. The quantitative estimate of drug-likeness (QED) is 0.713. The summed E-state index contributed by atoms with van der Waals surface area (Å²) in [6.07, 6.45) is 0. The molecule has 0 atom stereocenters. The van der Waals surface area contributed by atoms with Crippen LogP contribution in [-0.4, -0.2) is 26.8 Å². The van der Waals surface area contributed by atoms with Crippen LogP contribution in [0, 0.1) is 0 Å². The van der Waals surface area contributed by atoms with Crippen molar-refractivity contribution in [2.24, 2.45) is 0 Å². The van der Waals surface area contributed by atoms with E-state index in [-0.39, 0.29) is 10.8 Å². The van der Waals surface area contributed by atoms with Gasteiger partial charge in [-0.25, -0.2) is 13.1 Å². The molecule has 0 radical (unpaired) electrons. The summed E-state index contributed by atoms with van der Waals surface area (Å²) in [5, 5.41) is 5.53. The normalized spacial score (nSPS) is 11.0. The van der Waals surface area contributed by atoms with E-state index in [0.29, 0.717) is 16.4 Å². The number of rotatable bonds is 6. The van der Waals surface area contributed by atoms with E-state index in [2.05, 4.69) is 15.4 Å². The molecule has 0 aliphatic rings. The van der Waals surface area contributed by atoms with Crippen LogP contribution in [0.5, 0.6) is 0 Å². The molecule has 0 saturated heterocycles. The number of hydrogen-bond acceptors (Lipinski definition) is 4. The fourth-order valence-corrected chi connectivity index (χ4v) is 3.11. The predicted octanol–water partition coefficient (Wildman–Crippen LogP) is 2.22. The fourth-order valence-electron chi connectivity index (χ4n) is 1.94. The zero-order valence-corrected chi connectivity index (χ0v) is 14.8. The first-order valence-electron chi connectivity index (χ1n) is 7.19. The molecule has 2 amide bonds. The molecule has 9 heteroatoms. The van der Waals surface area contributed by atoms with Gasteiger partial charge in [-0.05, 0) is 42.5 Å². The van der Waals surface area contributed by atoms with Gasteiger partial charge in [-0.15, -0.1) is 0 Å².